The lowest BCUT2D eigenvalue weighted by Gasteiger charge is -2.28. The van der Waals surface area contributed by atoms with E-state index in [9.17, 15) is 4.79 Å². The zero-order chi connectivity index (χ0) is 17.3. The van der Waals surface area contributed by atoms with Crippen LogP contribution in [0.15, 0.2) is 48.5 Å². The van der Waals surface area contributed by atoms with Crippen molar-refractivity contribution >= 4 is 11.7 Å². The Labute approximate surface area is 144 Å². The molecular weight excluding hydrogens is 298 g/mol. The van der Waals surface area contributed by atoms with E-state index in [0.717, 1.165) is 12.2 Å². The molecule has 1 heterocycles. The Morgan fingerprint density at radius 2 is 1.79 bits per heavy atom. The summed E-state index contributed by atoms with van der Waals surface area (Å²) in [5, 5.41) is 0. The van der Waals surface area contributed by atoms with Gasteiger partial charge in [-0.05, 0) is 51.0 Å². The van der Waals surface area contributed by atoms with Crippen molar-refractivity contribution in [2.24, 2.45) is 0 Å². The number of benzene rings is 2. The molecule has 2 aromatic rings. The van der Waals surface area contributed by atoms with Crippen LogP contribution < -0.4 is 4.90 Å². The fraction of sp³-hybridized carbons (Fsp3) is 0.381. The van der Waals surface area contributed by atoms with Gasteiger partial charge in [-0.3, -0.25) is 4.79 Å². The van der Waals surface area contributed by atoms with E-state index in [0.29, 0.717) is 6.42 Å². The number of esters is 1. The zero-order valence-corrected chi connectivity index (χ0v) is 14.9. The number of nitrogens with zero attached hydrogens (tertiary/aromatic N) is 1. The first-order chi connectivity index (χ1) is 11.3. The highest BCUT2D eigenvalue weighted by Crippen LogP contribution is 2.39. The molecule has 0 saturated carbocycles. The number of fused-ring (bicyclic) bond motifs is 1. The van der Waals surface area contributed by atoms with Crippen molar-refractivity contribution in [1.29, 1.82) is 0 Å². The molecule has 0 N–H and O–H groups in total. The Bertz CT molecular complexity index is 728. The van der Waals surface area contributed by atoms with Crippen LogP contribution in [-0.4, -0.2) is 11.6 Å². The average molecular weight is 323 g/mol. The molecule has 3 rings (SSSR count). The van der Waals surface area contributed by atoms with Gasteiger partial charge in [0.05, 0.1) is 12.5 Å². The van der Waals surface area contributed by atoms with Crippen LogP contribution in [-0.2, 0) is 16.1 Å². The van der Waals surface area contributed by atoms with Gasteiger partial charge in [-0.2, -0.15) is 0 Å². The van der Waals surface area contributed by atoms with Gasteiger partial charge in [0.15, 0.2) is 0 Å². The summed E-state index contributed by atoms with van der Waals surface area (Å²) in [6.07, 6.45) is 0.363. The molecule has 126 valence electrons. The van der Waals surface area contributed by atoms with Crippen molar-refractivity contribution < 1.29 is 9.53 Å². The van der Waals surface area contributed by atoms with Crippen LogP contribution in [0.3, 0.4) is 0 Å². The number of rotatable bonds is 3. The minimum Gasteiger partial charge on any atom is -0.460 e. The predicted molar refractivity (Wildman–Crippen MR) is 97.0 cm³/mol. The third kappa shape index (κ3) is 3.61. The number of aryl methyl sites for hydroxylation is 1. The van der Waals surface area contributed by atoms with Crippen molar-refractivity contribution in [3.63, 3.8) is 0 Å². The lowest BCUT2D eigenvalue weighted by atomic mass is 10.0. The summed E-state index contributed by atoms with van der Waals surface area (Å²) in [7, 11) is 0. The number of hydrogen-bond donors (Lipinski definition) is 0. The predicted octanol–water partition coefficient (Wildman–Crippen LogP) is 4.79. The Balaban J connectivity index is 1.88. The topological polar surface area (TPSA) is 29.5 Å². The minimum absolute atomic E-state index is 0.0266. The first kappa shape index (κ1) is 16.6. The molecule has 3 nitrogen and oxygen atoms in total. The molecule has 2 aromatic carbocycles. The molecule has 24 heavy (non-hydrogen) atoms. The molecular formula is C21H25NO2. The molecule has 0 aromatic heterocycles. The highest BCUT2D eigenvalue weighted by Gasteiger charge is 2.33. The van der Waals surface area contributed by atoms with E-state index < -0.39 is 5.60 Å². The minimum atomic E-state index is -0.454. The third-order valence-electron chi connectivity index (χ3n) is 4.28. The first-order valence-corrected chi connectivity index (χ1v) is 8.46. The lowest BCUT2D eigenvalue weighted by Crippen LogP contribution is -2.29. The molecule has 0 amide bonds. The Morgan fingerprint density at radius 1 is 1.12 bits per heavy atom. The molecule has 0 radical (unpaired) electrons. The largest absolute Gasteiger partial charge is 0.460 e. The van der Waals surface area contributed by atoms with Gasteiger partial charge in [0.1, 0.15) is 5.60 Å². The molecule has 1 atom stereocenters. The van der Waals surface area contributed by atoms with E-state index in [1.807, 2.05) is 26.8 Å². The van der Waals surface area contributed by atoms with Gasteiger partial charge in [0.2, 0.25) is 0 Å². The standard InChI is InChI=1S/C21H25NO2/c1-15-9-11-17(12-10-15)22-14-16-7-5-6-8-18(16)19(22)13-20(23)24-21(2,3)4/h5-12,19H,13-14H2,1-4H3. The molecule has 0 saturated heterocycles. The zero-order valence-electron chi connectivity index (χ0n) is 14.9. The van der Waals surface area contributed by atoms with Gasteiger partial charge in [-0.25, -0.2) is 0 Å². The number of carbonyl (C=O) groups is 1. The van der Waals surface area contributed by atoms with E-state index in [1.165, 1.54) is 16.7 Å². The van der Waals surface area contributed by atoms with E-state index >= 15 is 0 Å². The van der Waals surface area contributed by atoms with Crippen LogP contribution >= 0.6 is 0 Å². The quantitative estimate of drug-likeness (QED) is 0.761. The Kier molecular flexibility index (Phi) is 4.35. The van der Waals surface area contributed by atoms with E-state index in [1.54, 1.807) is 0 Å². The fourth-order valence-electron chi connectivity index (χ4n) is 3.23. The van der Waals surface area contributed by atoms with Crippen molar-refractivity contribution in [2.75, 3.05) is 4.90 Å². The summed E-state index contributed by atoms with van der Waals surface area (Å²) < 4.78 is 5.55. The van der Waals surface area contributed by atoms with Gasteiger partial charge in [-0.1, -0.05) is 42.0 Å². The van der Waals surface area contributed by atoms with Crippen molar-refractivity contribution in [3.8, 4) is 0 Å². The molecule has 3 heteroatoms. The van der Waals surface area contributed by atoms with E-state index in [2.05, 4.69) is 54.3 Å². The summed E-state index contributed by atoms with van der Waals surface area (Å²) in [6, 6.07) is 16.9. The summed E-state index contributed by atoms with van der Waals surface area (Å²) in [5.41, 5.74) is 4.43. The molecule has 1 aliphatic rings. The second-order valence-corrected chi connectivity index (χ2v) is 7.47. The van der Waals surface area contributed by atoms with Gasteiger partial charge in [0.25, 0.3) is 0 Å². The fourth-order valence-corrected chi connectivity index (χ4v) is 3.23. The van der Waals surface area contributed by atoms with Crippen LogP contribution in [0.2, 0.25) is 0 Å². The third-order valence-corrected chi connectivity index (χ3v) is 4.28. The molecule has 0 spiro atoms. The second kappa shape index (κ2) is 6.31. The van der Waals surface area contributed by atoms with Crippen molar-refractivity contribution in [3.05, 3.63) is 65.2 Å². The van der Waals surface area contributed by atoms with Crippen molar-refractivity contribution in [1.82, 2.24) is 0 Å². The molecule has 0 aliphatic carbocycles. The number of carbonyl (C=O) groups excluding carboxylic acids is 1. The van der Waals surface area contributed by atoms with Crippen LogP contribution in [0.25, 0.3) is 0 Å². The maximum Gasteiger partial charge on any atom is 0.308 e. The molecule has 0 fully saturated rings. The Hall–Kier alpha value is -2.29. The number of ether oxygens (including phenoxy) is 1. The second-order valence-electron chi connectivity index (χ2n) is 7.47. The normalized spacial score (nSPS) is 16.8. The van der Waals surface area contributed by atoms with Gasteiger partial charge < -0.3 is 9.64 Å². The first-order valence-electron chi connectivity index (χ1n) is 8.46. The van der Waals surface area contributed by atoms with Gasteiger partial charge in [0, 0.05) is 12.2 Å². The summed E-state index contributed by atoms with van der Waals surface area (Å²) in [5.74, 6) is -0.152. The lowest BCUT2D eigenvalue weighted by molar-refractivity contribution is -0.155. The molecule has 1 aliphatic heterocycles. The maximum atomic E-state index is 12.4. The highest BCUT2D eigenvalue weighted by molar-refractivity contribution is 5.73. The van der Waals surface area contributed by atoms with E-state index in [4.69, 9.17) is 4.74 Å². The highest BCUT2D eigenvalue weighted by atomic mass is 16.6. The average Bonchev–Trinajstić information content (AvgIpc) is 2.85. The molecule has 1 unspecified atom stereocenters. The van der Waals surface area contributed by atoms with E-state index in [-0.39, 0.29) is 12.0 Å². The summed E-state index contributed by atoms with van der Waals surface area (Å²) in [6.45, 7) is 8.63. The van der Waals surface area contributed by atoms with Gasteiger partial charge in [-0.15, -0.1) is 0 Å². The number of anilines is 1. The van der Waals surface area contributed by atoms with Crippen LogP contribution in [0.4, 0.5) is 5.69 Å². The van der Waals surface area contributed by atoms with Crippen molar-refractivity contribution in [2.45, 2.75) is 52.3 Å². The SMILES string of the molecule is Cc1ccc(N2Cc3ccccc3C2CC(=O)OC(C)(C)C)cc1. The summed E-state index contributed by atoms with van der Waals surface area (Å²) >= 11 is 0. The molecule has 0 bridgehead atoms. The van der Waals surface area contributed by atoms with Crippen LogP contribution in [0.1, 0.15) is 49.9 Å². The van der Waals surface area contributed by atoms with Gasteiger partial charge >= 0.3 is 5.97 Å². The Morgan fingerprint density at radius 3 is 2.46 bits per heavy atom. The van der Waals surface area contributed by atoms with Crippen LogP contribution in [0, 0.1) is 6.92 Å². The van der Waals surface area contributed by atoms with Crippen LogP contribution in [0.5, 0.6) is 0 Å². The smallest absolute Gasteiger partial charge is 0.308 e. The summed E-state index contributed by atoms with van der Waals surface area (Å²) in [4.78, 5) is 14.7. The monoisotopic (exact) mass is 323 g/mol. The number of hydrogen-bond acceptors (Lipinski definition) is 3. The maximum absolute atomic E-state index is 12.4.